The molecule has 0 radical (unpaired) electrons. The quantitative estimate of drug-likeness (QED) is 0.848. The maximum absolute atomic E-state index is 11.2. The number of phenols is 1. The molecule has 1 saturated carbocycles. The number of benzene rings is 1. The van der Waals surface area contributed by atoms with E-state index in [1.54, 1.807) is 0 Å². The summed E-state index contributed by atoms with van der Waals surface area (Å²) in [7, 11) is 0. The summed E-state index contributed by atoms with van der Waals surface area (Å²) in [6, 6.07) is 0. The van der Waals surface area contributed by atoms with Crippen LogP contribution in [0, 0.1) is 12.8 Å². The molecule has 0 spiro atoms. The maximum Gasteiger partial charge on any atom is 0.303 e. The molecule has 0 amide bonds. The van der Waals surface area contributed by atoms with Gasteiger partial charge in [0.05, 0.1) is 10.9 Å². The largest absolute Gasteiger partial charge is 0.506 e. The molecule has 1 aromatic carbocycles. The van der Waals surface area contributed by atoms with Crippen LogP contribution in [0.1, 0.15) is 60.3 Å². The fourth-order valence-corrected chi connectivity index (χ4v) is 4.46. The number of phenolic OH excluding ortho intramolecular Hbond substituents is 1. The van der Waals surface area contributed by atoms with Crippen LogP contribution in [0.5, 0.6) is 5.75 Å². The van der Waals surface area contributed by atoms with E-state index in [1.165, 1.54) is 17.5 Å². The van der Waals surface area contributed by atoms with Crippen LogP contribution < -0.4 is 0 Å². The minimum atomic E-state index is -0.778. The normalized spacial score (nSPS) is 19.1. The van der Waals surface area contributed by atoms with E-state index < -0.39 is 5.97 Å². The maximum atomic E-state index is 11.2. The van der Waals surface area contributed by atoms with Gasteiger partial charge in [0.2, 0.25) is 0 Å². The van der Waals surface area contributed by atoms with Crippen molar-refractivity contribution in [2.45, 2.75) is 57.8 Å². The van der Waals surface area contributed by atoms with E-state index in [-0.39, 0.29) is 18.1 Å². The summed E-state index contributed by atoms with van der Waals surface area (Å²) in [4.78, 5) is 11.2. The van der Waals surface area contributed by atoms with Crippen LogP contribution in [0.25, 0.3) is 0 Å². The molecule has 21 heavy (non-hydrogen) atoms. The monoisotopic (exact) mass is 352 g/mol. The highest BCUT2D eigenvalue weighted by Crippen LogP contribution is 2.51. The van der Waals surface area contributed by atoms with Gasteiger partial charge < -0.3 is 10.2 Å². The van der Waals surface area contributed by atoms with Crippen molar-refractivity contribution in [3.05, 3.63) is 26.7 Å². The van der Waals surface area contributed by atoms with Gasteiger partial charge in [0.1, 0.15) is 5.75 Å². The number of carboxylic acids is 1. The summed E-state index contributed by atoms with van der Waals surface area (Å²) in [5.41, 5.74) is 4.57. The van der Waals surface area contributed by atoms with Crippen LogP contribution >= 0.6 is 15.9 Å². The molecular formula is C17H21BrO3. The first kappa shape index (κ1) is 14.9. The molecule has 1 atom stereocenters. The Kier molecular flexibility index (Phi) is 4.00. The predicted molar refractivity (Wildman–Crippen MR) is 84.9 cm³/mol. The summed E-state index contributed by atoms with van der Waals surface area (Å²) in [6.45, 7) is 2.06. The summed E-state index contributed by atoms with van der Waals surface area (Å²) in [6.07, 6.45) is 6.64. The second-order valence-electron chi connectivity index (χ2n) is 6.41. The number of hydrogen-bond acceptors (Lipinski definition) is 2. The van der Waals surface area contributed by atoms with Crippen molar-refractivity contribution in [1.82, 2.24) is 0 Å². The van der Waals surface area contributed by atoms with Gasteiger partial charge in [-0.2, -0.15) is 0 Å². The molecule has 4 heteroatoms. The predicted octanol–water partition coefficient (Wildman–Crippen LogP) is 4.31. The van der Waals surface area contributed by atoms with Gasteiger partial charge in [-0.3, -0.25) is 4.79 Å². The van der Waals surface area contributed by atoms with Crippen molar-refractivity contribution in [3.8, 4) is 5.75 Å². The molecule has 1 fully saturated rings. The van der Waals surface area contributed by atoms with Crippen molar-refractivity contribution in [2.24, 2.45) is 5.92 Å². The van der Waals surface area contributed by atoms with Gasteiger partial charge in [0.25, 0.3) is 0 Å². The van der Waals surface area contributed by atoms with E-state index in [4.69, 9.17) is 0 Å². The number of fused-ring (bicyclic) bond motifs is 1. The molecule has 2 N–H and O–H groups in total. The Morgan fingerprint density at radius 2 is 1.90 bits per heavy atom. The highest BCUT2D eigenvalue weighted by Gasteiger charge is 2.37. The molecule has 0 saturated heterocycles. The topological polar surface area (TPSA) is 57.5 Å². The lowest BCUT2D eigenvalue weighted by Gasteiger charge is -2.27. The Balaban J connectivity index is 2.12. The highest BCUT2D eigenvalue weighted by atomic mass is 79.9. The average molecular weight is 353 g/mol. The molecule has 114 valence electrons. The van der Waals surface area contributed by atoms with E-state index in [2.05, 4.69) is 22.9 Å². The number of carbonyl (C=O) groups is 1. The van der Waals surface area contributed by atoms with Gasteiger partial charge in [-0.15, -0.1) is 0 Å². The number of carboxylic acid groups (broad SMARTS) is 1. The van der Waals surface area contributed by atoms with E-state index >= 15 is 0 Å². The Bertz CT molecular complexity index is 590. The third-order valence-corrected chi connectivity index (χ3v) is 5.86. The first-order chi connectivity index (χ1) is 10.0. The second-order valence-corrected chi connectivity index (χ2v) is 7.20. The SMILES string of the molecule is Cc1c2c(c(Br)c(O)c1C(CC(=O)O)C1CC1)CCCC2. The van der Waals surface area contributed by atoms with Gasteiger partial charge in [-0.25, -0.2) is 0 Å². The summed E-state index contributed by atoms with van der Waals surface area (Å²) in [5, 5.41) is 19.9. The van der Waals surface area contributed by atoms with Crippen molar-refractivity contribution < 1.29 is 15.0 Å². The zero-order valence-corrected chi connectivity index (χ0v) is 13.9. The zero-order chi connectivity index (χ0) is 15.1. The summed E-state index contributed by atoms with van der Waals surface area (Å²) >= 11 is 3.56. The van der Waals surface area contributed by atoms with Crippen LogP contribution in [0.4, 0.5) is 0 Å². The molecular weight excluding hydrogens is 332 g/mol. The minimum absolute atomic E-state index is 0.0500. The van der Waals surface area contributed by atoms with Crippen LogP contribution in [-0.4, -0.2) is 16.2 Å². The van der Waals surface area contributed by atoms with Crippen molar-refractivity contribution >= 4 is 21.9 Å². The van der Waals surface area contributed by atoms with Gasteiger partial charge in [-0.05, 0) is 84.0 Å². The molecule has 1 unspecified atom stereocenters. The smallest absolute Gasteiger partial charge is 0.303 e. The van der Waals surface area contributed by atoms with E-state index in [0.29, 0.717) is 5.92 Å². The molecule has 3 rings (SSSR count). The number of aliphatic carboxylic acids is 1. The van der Waals surface area contributed by atoms with E-state index in [1.807, 2.05) is 0 Å². The number of hydrogen-bond donors (Lipinski definition) is 2. The molecule has 0 aromatic heterocycles. The van der Waals surface area contributed by atoms with E-state index in [0.717, 1.165) is 47.7 Å². The van der Waals surface area contributed by atoms with Crippen molar-refractivity contribution in [1.29, 1.82) is 0 Å². The zero-order valence-electron chi connectivity index (χ0n) is 12.3. The molecule has 1 aromatic rings. The lowest BCUT2D eigenvalue weighted by atomic mass is 9.80. The highest BCUT2D eigenvalue weighted by molar-refractivity contribution is 9.10. The summed E-state index contributed by atoms with van der Waals surface area (Å²) in [5.74, 6) is -0.129. The Labute approximate surface area is 133 Å². The van der Waals surface area contributed by atoms with E-state index in [9.17, 15) is 15.0 Å². The van der Waals surface area contributed by atoms with Gasteiger partial charge in [0, 0.05) is 11.5 Å². The molecule has 2 aliphatic rings. The molecule has 0 bridgehead atoms. The third-order valence-electron chi connectivity index (χ3n) is 5.01. The van der Waals surface area contributed by atoms with Gasteiger partial charge in [-0.1, -0.05) is 0 Å². The number of halogens is 1. The van der Waals surface area contributed by atoms with Gasteiger partial charge >= 0.3 is 5.97 Å². The van der Waals surface area contributed by atoms with Crippen LogP contribution in [0.2, 0.25) is 0 Å². The lowest BCUT2D eigenvalue weighted by molar-refractivity contribution is -0.137. The lowest BCUT2D eigenvalue weighted by Crippen LogP contribution is -2.14. The molecule has 0 aliphatic heterocycles. The van der Waals surface area contributed by atoms with Crippen LogP contribution in [0.3, 0.4) is 0 Å². The first-order valence-electron chi connectivity index (χ1n) is 7.75. The Hall–Kier alpha value is -1.03. The molecule has 3 nitrogen and oxygen atoms in total. The fourth-order valence-electron chi connectivity index (χ4n) is 3.81. The van der Waals surface area contributed by atoms with Crippen molar-refractivity contribution in [2.75, 3.05) is 0 Å². The number of aromatic hydroxyl groups is 1. The minimum Gasteiger partial charge on any atom is -0.506 e. The average Bonchev–Trinajstić information content (AvgIpc) is 3.28. The van der Waals surface area contributed by atoms with Crippen LogP contribution in [0.15, 0.2) is 4.47 Å². The van der Waals surface area contributed by atoms with Crippen molar-refractivity contribution in [3.63, 3.8) is 0 Å². The third kappa shape index (κ3) is 2.70. The molecule has 0 heterocycles. The molecule has 2 aliphatic carbocycles. The number of rotatable bonds is 4. The Morgan fingerprint density at radius 1 is 1.29 bits per heavy atom. The van der Waals surface area contributed by atoms with Gasteiger partial charge in [0.15, 0.2) is 0 Å². The fraction of sp³-hybridized carbons (Fsp3) is 0.588. The van der Waals surface area contributed by atoms with Crippen LogP contribution in [-0.2, 0) is 17.6 Å². The Morgan fingerprint density at radius 3 is 2.48 bits per heavy atom. The standard InChI is InChI=1S/C17H21BrO3/c1-9-11-4-2-3-5-12(11)16(18)17(21)15(9)13(8-14(19)20)10-6-7-10/h10,13,21H,2-8H2,1H3,(H,19,20). The second kappa shape index (κ2) is 5.64. The summed E-state index contributed by atoms with van der Waals surface area (Å²) < 4.78 is 0.800. The first-order valence-corrected chi connectivity index (χ1v) is 8.54.